The van der Waals surface area contributed by atoms with E-state index in [1.54, 1.807) is 0 Å². The molecule has 1 fully saturated rings. The molecule has 0 spiro atoms. The summed E-state index contributed by atoms with van der Waals surface area (Å²) >= 11 is 0. The zero-order chi connectivity index (χ0) is 14.9. The first-order valence-electron chi connectivity index (χ1n) is 7.78. The number of fused-ring (bicyclic) bond motifs is 1. The quantitative estimate of drug-likeness (QED) is 0.923. The second-order valence-corrected chi connectivity index (χ2v) is 6.80. The van der Waals surface area contributed by atoms with E-state index < -0.39 is 0 Å². The van der Waals surface area contributed by atoms with Crippen molar-refractivity contribution >= 4 is 0 Å². The zero-order valence-corrected chi connectivity index (χ0v) is 13.0. The number of aliphatic hydroxyl groups excluding tert-OH is 1. The lowest BCUT2D eigenvalue weighted by Crippen LogP contribution is -2.31. The Morgan fingerprint density at radius 3 is 3.05 bits per heavy atom. The summed E-state index contributed by atoms with van der Waals surface area (Å²) in [5.41, 5.74) is 2.45. The SMILES string of the molecule is CC1(C)Cc2cccc(CN3CCOC[C@H](CO)C3)c2O1. The van der Waals surface area contributed by atoms with E-state index in [1.807, 2.05) is 0 Å². The van der Waals surface area contributed by atoms with E-state index in [0.29, 0.717) is 6.61 Å². The second kappa shape index (κ2) is 5.95. The van der Waals surface area contributed by atoms with Gasteiger partial charge in [0.05, 0.1) is 13.2 Å². The summed E-state index contributed by atoms with van der Waals surface area (Å²) in [5.74, 6) is 1.27. The van der Waals surface area contributed by atoms with Gasteiger partial charge < -0.3 is 14.6 Å². The topological polar surface area (TPSA) is 41.9 Å². The van der Waals surface area contributed by atoms with Crippen molar-refractivity contribution in [3.05, 3.63) is 29.3 Å². The van der Waals surface area contributed by atoms with Crippen molar-refractivity contribution in [2.75, 3.05) is 32.9 Å². The minimum absolute atomic E-state index is 0.103. The van der Waals surface area contributed by atoms with Crippen LogP contribution in [0.3, 0.4) is 0 Å². The van der Waals surface area contributed by atoms with Gasteiger partial charge in [-0.15, -0.1) is 0 Å². The van der Waals surface area contributed by atoms with Gasteiger partial charge >= 0.3 is 0 Å². The van der Waals surface area contributed by atoms with E-state index >= 15 is 0 Å². The van der Waals surface area contributed by atoms with Crippen molar-refractivity contribution in [2.24, 2.45) is 5.92 Å². The normalized spacial score (nSPS) is 25.2. The molecule has 1 atom stereocenters. The lowest BCUT2D eigenvalue weighted by Gasteiger charge is -2.24. The molecule has 0 aromatic heterocycles. The molecule has 2 aliphatic heterocycles. The minimum Gasteiger partial charge on any atom is -0.487 e. The Labute approximate surface area is 126 Å². The van der Waals surface area contributed by atoms with Crippen LogP contribution in [0.5, 0.6) is 5.75 Å². The van der Waals surface area contributed by atoms with Gasteiger partial charge in [-0.3, -0.25) is 4.90 Å². The summed E-state index contributed by atoms with van der Waals surface area (Å²) in [6.45, 7) is 8.50. The Morgan fingerprint density at radius 2 is 2.24 bits per heavy atom. The summed E-state index contributed by atoms with van der Waals surface area (Å²) in [6.07, 6.45) is 0.971. The van der Waals surface area contributed by atoms with Crippen LogP contribution < -0.4 is 4.74 Å². The highest BCUT2D eigenvalue weighted by molar-refractivity contribution is 5.45. The van der Waals surface area contributed by atoms with Crippen LogP contribution in [-0.2, 0) is 17.7 Å². The van der Waals surface area contributed by atoms with Crippen LogP contribution in [0.25, 0.3) is 0 Å². The highest BCUT2D eigenvalue weighted by Gasteiger charge is 2.32. The van der Waals surface area contributed by atoms with Crippen LogP contribution >= 0.6 is 0 Å². The number of para-hydroxylation sites is 1. The Hall–Kier alpha value is -1.10. The molecule has 4 nitrogen and oxygen atoms in total. The number of hydrogen-bond donors (Lipinski definition) is 1. The van der Waals surface area contributed by atoms with Crippen LogP contribution in [0, 0.1) is 5.92 Å². The lowest BCUT2D eigenvalue weighted by molar-refractivity contribution is 0.0958. The molecule has 116 valence electrons. The van der Waals surface area contributed by atoms with Crippen LogP contribution in [0.15, 0.2) is 18.2 Å². The summed E-state index contributed by atoms with van der Waals surface area (Å²) in [4.78, 5) is 2.36. The lowest BCUT2D eigenvalue weighted by atomic mass is 10.0. The van der Waals surface area contributed by atoms with Gasteiger partial charge in [0.2, 0.25) is 0 Å². The average Bonchev–Trinajstić information content (AvgIpc) is 2.62. The maximum Gasteiger partial charge on any atom is 0.127 e. The number of rotatable bonds is 3. The molecule has 1 N–H and O–H groups in total. The van der Waals surface area contributed by atoms with Gasteiger partial charge in [0.25, 0.3) is 0 Å². The Bertz CT molecular complexity index is 501. The van der Waals surface area contributed by atoms with Crippen molar-refractivity contribution in [2.45, 2.75) is 32.4 Å². The maximum atomic E-state index is 9.39. The monoisotopic (exact) mass is 291 g/mol. The predicted octanol–water partition coefficient (Wildman–Crippen LogP) is 1.84. The van der Waals surface area contributed by atoms with E-state index in [2.05, 4.69) is 36.9 Å². The van der Waals surface area contributed by atoms with Crippen molar-refractivity contribution in [3.8, 4) is 5.75 Å². The fraction of sp³-hybridized carbons (Fsp3) is 0.647. The molecular weight excluding hydrogens is 266 g/mol. The number of hydrogen-bond acceptors (Lipinski definition) is 4. The molecule has 0 saturated carbocycles. The summed E-state index contributed by atoms with van der Waals surface area (Å²) < 4.78 is 11.7. The maximum absolute atomic E-state index is 9.39. The standard InChI is InChI=1S/C17H25NO3/c1-17(2)8-14-4-3-5-15(16(14)21-17)10-18-6-7-20-12-13(9-18)11-19/h3-5,13,19H,6-12H2,1-2H3/t13-/m0/s1. The van der Waals surface area contributed by atoms with Crippen LogP contribution in [0.1, 0.15) is 25.0 Å². The first-order valence-corrected chi connectivity index (χ1v) is 7.78. The number of nitrogens with zero attached hydrogens (tertiary/aromatic N) is 1. The molecule has 2 heterocycles. The largest absolute Gasteiger partial charge is 0.487 e. The molecule has 1 aromatic carbocycles. The molecule has 0 aliphatic carbocycles. The molecule has 3 rings (SSSR count). The van der Waals surface area contributed by atoms with E-state index in [1.165, 1.54) is 11.1 Å². The third-order valence-corrected chi connectivity index (χ3v) is 4.25. The molecule has 0 bridgehead atoms. The number of ether oxygens (including phenoxy) is 2. The third kappa shape index (κ3) is 3.39. The number of aliphatic hydroxyl groups is 1. The third-order valence-electron chi connectivity index (χ3n) is 4.25. The Kier molecular flexibility index (Phi) is 4.20. The van der Waals surface area contributed by atoms with E-state index in [9.17, 15) is 5.11 Å². The van der Waals surface area contributed by atoms with Gasteiger partial charge in [-0.1, -0.05) is 18.2 Å². The van der Waals surface area contributed by atoms with Crippen molar-refractivity contribution in [1.82, 2.24) is 4.90 Å². The molecule has 2 aliphatic rings. The first kappa shape index (κ1) is 14.8. The van der Waals surface area contributed by atoms with Gasteiger partial charge in [-0.05, 0) is 19.4 Å². The molecule has 4 heteroatoms. The van der Waals surface area contributed by atoms with Gasteiger partial charge in [-0.25, -0.2) is 0 Å². The fourth-order valence-electron chi connectivity index (χ4n) is 3.25. The Morgan fingerprint density at radius 1 is 1.38 bits per heavy atom. The van der Waals surface area contributed by atoms with E-state index in [4.69, 9.17) is 9.47 Å². The minimum atomic E-state index is -0.103. The number of benzene rings is 1. The van der Waals surface area contributed by atoms with Crippen LogP contribution in [-0.4, -0.2) is 48.5 Å². The van der Waals surface area contributed by atoms with Gasteiger partial charge in [0, 0.05) is 44.1 Å². The van der Waals surface area contributed by atoms with E-state index in [-0.39, 0.29) is 18.1 Å². The summed E-state index contributed by atoms with van der Waals surface area (Å²) in [7, 11) is 0. The molecule has 1 saturated heterocycles. The first-order chi connectivity index (χ1) is 10.1. The van der Waals surface area contributed by atoms with Crippen molar-refractivity contribution in [1.29, 1.82) is 0 Å². The molecule has 0 amide bonds. The molecule has 1 aromatic rings. The van der Waals surface area contributed by atoms with E-state index in [0.717, 1.165) is 38.4 Å². The van der Waals surface area contributed by atoms with Crippen LogP contribution in [0.4, 0.5) is 0 Å². The van der Waals surface area contributed by atoms with Gasteiger partial charge in [0.1, 0.15) is 11.4 Å². The van der Waals surface area contributed by atoms with Crippen LogP contribution in [0.2, 0.25) is 0 Å². The molecular formula is C17H25NO3. The van der Waals surface area contributed by atoms with Crippen molar-refractivity contribution < 1.29 is 14.6 Å². The molecule has 0 radical (unpaired) electrons. The highest BCUT2D eigenvalue weighted by Crippen LogP contribution is 2.38. The second-order valence-electron chi connectivity index (χ2n) is 6.80. The summed E-state index contributed by atoms with van der Waals surface area (Å²) in [6, 6.07) is 6.44. The fourth-order valence-corrected chi connectivity index (χ4v) is 3.25. The van der Waals surface area contributed by atoms with Gasteiger partial charge in [-0.2, -0.15) is 0 Å². The van der Waals surface area contributed by atoms with Gasteiger partial charge in [0.15, 0.2) is 0 Å². The highest BCUT2D eigenvalue weighted by atomic mass is 16.5. The van der Waals surface area contributed by atoms with Crippen molar-refractivity contribution in [3.63, 3.8) is 0 Å². The summed E-state index contributed by atoms with van der Waals surface area (Å²) in [5, 5.41) is 9.39. The molecule has 21 heavy (non-hydrogen) atoms. The molecule has 0 unspecified atom stereocenters. The Balaban J connectivity index is 1.75. The predicted molar refractivity (Wildman–Crippen MR) is 81.5 cm³/mol. The smallest absolute Gasteiger partial charge is 0.127 e. The average molecular weight is 291 g/mol. The zero-order valence-electron chi connectivity index (χ0n) is 13.0.